The number of carbonyl (C=O) groups is 1. The van der Waals surface area contributed by atoms with E-state index in [1.54, 1.807) is 6.92 Å². The van der Waals surface area contributed by atoms with Crippen LogP contribution < -0.4 is 10.6 Å². The summed E-state index contributed by atoms with van der Waals surface area (Å²) in [5.74, 6) is 0. The summed E-state index contributed by atoms with van der Waals surface area (Å²) in [6, 6.07) is 5.37. The molecule has 0 radical (unpaired) electrons. The van der Waals surface area contributed by atoms with Gasteiger partial charge >= 0.3 is 6.03 Å². The molecule has 100 valence electrons. The van der Waals surface area contributed by atoms with E-state index in [-0.39, 0.29) is 11.4 Å². The van der Waals surface area contributed by atoms with Gasteiger partial charge in [-0.05, 0) is 31.2 Å². The summed E-state index contributed by atoms with van der Waals surface area (Å²) in [5, 5.41) is 14.0. The van der Waals surface area contributed by atoms with Gasteiger partial charge in [-0.1, -0.05) is 0 Å². The van der Waals surface area contributed by atoms with E-state index in [0.29, 0.717) is 5.69 Å². The van der Waals surface area contributed by atoms with Crippen LogP contribution in [0.1, 0.15) is 6.92 Å². The summed E-state index contributed by atoms with van der Waals surface area (Å²) >= 11 is 0. The van der Waals surface area contributed by atoms with Crippen LogP contribution in [0.5, 0.6) is 0 Å². The third-order valence-electron chi connectivity index (χ3n) is 2.10. The average Bonchev–Trinajstić information content (AvgIpc) is 2.26. The van der Waals surface area contributed by atoms with Gasteiger partial charge in [0.25, 0.3) is 0 Å². The van der Waals surface area contributed by atoms with Gasteiger partial charge in [0.1, 0.15) is 0 Å². The largest absolute Gasteiger partial charge is 0.392 e. The molecule has 0 spiro atoms. The highest BCUT2D eigenvalue weighted by atomic mass is 32.2. The number of urea groups is 1. The quantitative estimate of drug-likeness (QED) is 0.747. The van der Waals surface area contributed by atoms with E-state index in [1.165, 1.54) is 24.3 Å². The number of nitrogens with one attached hydrogen (secondary N) is 2. The summed E-state index contributed by atoms with van der Waals surface area (Å²) in [4.78, 5) is 11.5. The maximum absolute atomic E-state index is 11.3. The van der Waals surface area contributed by atoms with Gasteiger partial charge in [0, 0.05) is 18.5 Å². The summed E-state index contributed by atoms with van der Waals surface area (Å²) in [6.07, 6.45) is 0.494. The number of benzene rings is 1. The third kappa shape index (κ3) is 4.72. The monoisotopic (exact) mass is 272 g/mol. The molecule has 0 fully saturated rings. The predicted octanol–water partition coefficient (Wildman–Crippen LogP) is 0.592. The number of carbonyl (C=O) groups excluding carboxylic acids is 1. The molecule has 1 aromatic rings. The Morgan fingerprint density at radius 2 is 1.89 bits per heavy atom. The first-order valence-electron chi connectivity index (χ1n) is 5.32. The lowest BCUT2D eigenvalue weighted by Gasteiger charge is -2.09. The number of hydrogen-bond acceptors (Lipinski definition) is 4. The molecular weight excluding hydrogens is 256 g/mol. The number of sulfone groups is 1. The van der Waals surface area contributed by atoms with Crippen LogP contribution in [0.25, 0.3) is 0 Å². The van der Waals surface area contributed by atoms with Gasteiger partial charge < -0.3 is 15.7 Å². The number of aliphatic hydroxyl groups excluding tert-OH is 1. The van der Waals surface area contributed by atoms with Crippen molar-refractivity contribution in [3.8, 4) is 0 Å². The lowest BCUT2D eigenvalue weighted by Crippen LogP contribution is -2.34. The zero-order valence-corrected chi connectivity index (χ0v) is 11.0. The summed E-state index contributed by atoms with van der Waals surface area (Å²) in [7, 11) is -3.23. The van der Waals surface area contributed by atoms with Crippen LogP contribution in [-0.2, 0) is 9.84 Å². The van der Waals surface area contributed by atoms with Crippen LogP contribution in [0.3, 0.4) is 0 Å². The smallest absolute Gasteiger partial charge is 0.319 e. The first kappa shape index (κ1) is 14.5. The van der Waals surface area contributed by atoms with E-state index in [1.807, 2.05) is 0 Å². The molecule has 0 aliphatic carbocycles. The van der Waals surface area contributed by atoms with Gasteiger partial charge in [-0.2, -0.15) is 0 Å². The Labute approximate surface area is 106 Å². The molecule has 0 heterocycles. The molecule has 18 heavy (non-hydrogen) atoms. The molecule has 3 N–H and O–H groups in total. The molecule has 0 saturated heterocycles. The molecule has 0 saturated carbocycles. The van der Waals surface area contributed by atoms with Crippen molar-refractivity contribution < 1.29 is 18.3 Å². The first-order valence-corrected chi connectivity index (χ1v) is 7.21. The predicted molar refractivity (Wildman–Crippen MR) is 68.3 cm³/mol. The lowest BCUT2D eigenvalue weighted by molar-refractivity contribution is 0.190. The molecule has 1 unspecified atom stereocenters. The Morgan fingerprint density at radius 3 is 2.33 bits per heavy atom. The van der Waals surface area contributed by atoms with E-state index in [4.69, 9.17) is 5.11 Å². The van der Waals surface area contributed by atoms with Crippen molar-refractivity contribution in [2.75, 3.05) is 18.1 Å². The van der Waals surface area contributed by atoms with Crippen molar-refractivity contribution in [2.24, 2.45) is 0 Å². The van der Waals surface area contributed by atoms with Crippen LogP contribution in [-0.4, -0.2) is 38.5 Å². The maximum atomic E-state index is 11.3. The molecule has 0 aromatic heterocycles. The van der Waals surface area contributed by atoms with Gasteiger partial charge in [0.2, 0.25) is 0 Å². The molecule has 2 amide bonds. The Kier molecular flexibility index (Phi) is 4.69. The van der Waals surface area contributed by atoms with Gasteiger partial charge in [-0.25, -0.2) is 13.2 Å². The van der Waals surface area contributed by atoms with Crippen LogP contribution in [0.2, 0.25) is 0 Å². The van der Waals surface area contributed by atoms with Crippen LogP contribution >= 0.6 is 0 Å². The maximum Gasteiger partial charge on any atom is 0.319 e. The molecule has 0 bridgehead atoms. The minimum atomic E-state index is -3.23. The van der Waals surface area contributed by atoms with Gasteiger partial charge in [0.15, 0.2) is 9.84 Å². The summed E-state index contributed by atoms with van der Waals surface area (Å²) in [6.45, 7) is 1.70. The minimum Gasteiger partial charge on any atom is -0.392 e. The number of anilines is 1. The molecule has 7 heteroatoms. The highest BCUT2D eigenvalue weighted by Gasteiger charge is 2.07. The van der Waals surface area contributed by atoms with E-state index < -0.39 is 22.0 Å². The second-order valence-electron chi connectivity index (χ2n) is 3.98. The fraction of sp³-hybridized carbons (Fsp3) is 0.364. The SMILES string of the molecule is CC(O)CNC(=O)Nc1ccc(S(C)(=O)=O)cc1. The number of hydrogen-bond donors (Lipinski definition) is 3. The van der Waals surface area contributed by atoms with Crippen LogP contribution in [0, 0.1) is 0 Å². The summed E-state index contributed by atoms with van der Waals surface area (Å²) in [5.41, 5.74) is 0.477. The van der Waals surface area contributed by atoms with E-state index in [9.17, 15) is 13.2 Å². The standard InChI is InChI=1S/C11H16N2O4S/c1-8(14)7-12-11(15)13-9-3-5-10(6-4-9)18(2,16)17/h3-6,8,14H,7H2,1-2H3,(H2,12,13,15). The van der Waals surface area contributed by atoms with Crippen molar-refractivity contribution in [1.29, 1.82) is 0 Å². The fourth-order valence-corrected chi connectivity index (χ4v) is 1.83. The molecule has 1 rings (SSSR count). The normalized spacial score (nSPS) is 12.8. The van der Waals surface area contributed by atoms with E-state index in [2.05, 4.69) is 10.6 Å². The Bertz CT molecular complexity index is 508. The Hall–Kier alpha value is -1.60. The van der Waals surface area contributed by atoms with Crippen LogP contribution in [0.15, 0.2) is 29.2 Å². The molecular formula is C11H16N2O4S. The Morgan fingerprint density at radius 1 is 1.33 bits per heavy atom. The Balaban J connectivity index is 2.62. The zero-order valence-electron chi connectivity index (χ0n) is 10.2. The molecule has 0 aliphatic heterocycles. The fourth-order valence-electron chi connectivity index (χ4n) is 1.20. The number of rotatable bonds is 4. The van der Waals surface area contributed by atoms with Crippen molar-refractivity contribution >= 4 is 21.6 Å². The second kappa shape index (κ2) is 5.83. The number of amides is 2. The van der Waals surface area contributed by atoms with Gasteiger partial charge in [-0.15, -0.1) is 0 Å². The highest BCUT2D eigenvalue weighted by molar-refractivity contribution is 7.90. The minimum absolute atomic E-state index is 0.146. The van der Waals surface area contributed by atoms with Gasteiger partial charge in [-0.3, -0.25) is 0 Å². The molecule has 6 nitrogen and oxygen atoms in total. The van der Waals surface area contributed by atoms with Crippen LogP contribution in [0.4, 0.5) is 10.5 Å². The summed E-state index contributed by atoms with van der Waals surface area (Å²) < 4.78 is 22.4. The van der Waals surface area contributed by atoms with Crippen molar-refractivity contribution in [3.05, 3.63) is 24.3 Å². The second-order valence-corrected chi connectivity index (χ2v) is 6.00. The van der Waals surface area contributed by atoms with Crippen molar-refractivity contribution in [3.63, 3.8) is 0 Å². The first-order chi connectivity index (χ1) is 8.29. The topological polar surface area (TPSA) is 95.5 Å². The molecule has 0 aliphatic rings. The lowest BCUT2D eigenvalue weighted by atomic mass is 10.3. The highest BCUT2D eigenvalue weighted by Crippen LogP contribution is 2.13. The van der Waals surface area contributed by atoms with Gasteiger partial charge in [0.05, 0.1) is 11.0 Å². The third-order valence-corrected chi connectivity index (χ3v) is 3.23. The molecule has 1 aromatic carbocycles. The van der Waals surface area contributed by atoms with Crippen molar-refractivity contribution in [1.82, 2.24) is 5.32 Å². The number of aliphatic hydroxyl groups is 1. The zero-order chi connectivity index (χ0) is 13.8. The van der Waals surface area contributed by atoms with E-state index in [0.717, 1.165) is 6.26 Å². The van der Waals surface area contributed by atoms with Crippen molar-refractivity contribution in [2.45, 2.75) is 17.9 Å². The van der Waals surface area contributed by atoms with E-state index >= 15 is 0 Å². The average molecular weight is 272 g/mol. The molecule has 1 atom stereocenters.